The van der Waals surface area contributed by atoms with Gasteiger partial charge >= 0.3 is 0 Å². The van der Waals surface area contributed by atoms with E-state index in [9.17, 15) is 20.1 Å². The van der Waals surface area contributed by atoms with Gasteiger partial charge in [-0.2, -0.15) is 0 Å². The number of benzene rings is 2. The number of allylic oxidation sites excluding steroid dienone is 4. The third-order valence-corrected chi connectivity index (χ3v) is 9.23. The number of carbonyl (C=O) groups excluding carboxylic acids is 1. The van der Waals surface area contributed by atoms with Gasteiger partial charge in [-0.1, -0.05) is 81.3 Å². The second-order valence-corrected chi connectivity index (χ2v) is 12.6. The summed E-state index contributed by atoms with van der Waals surface area (Å²) in [4.78, 5) is 13.8. The molecule has 0 aromatic heterocycles. The highest BCUT2D eigenvalue weighted by atomic mass is 16.3. The van der Waals surface area contributed by atoms with E-state index < -0.39 is 0 Å². The number of hydrogen-bond acceptors (Lipinski definition) is 4. The highest BCUT2D eigenvalue weighted by Crippen LogP contribution is 2.56. The van der Waals surface area contributed by atoms with Crippen molar-refractivity contribution in [2.24, 2.45) is 23.7 Å². The number of Topliss-reactive ketones (excluding diaryl/α,β-unsaturated/α-hetero) is 1. The fraction of sp³-hybridized carbons (Fsp3) is 0.514. The molecule has 4 rings (SSSR count). The van der Waals surface area contributed by atoms with Crippen LogP contribution in [-0.2, 0) is 6.42 Å². The SMILES string of the molecule is CC1=C[C@H](c2c(O)c(C(=O)CCc3ccccc3)c(O)c([C@H]3C=C(C)CC[C@@H]3C(C)C)c2O)[C@@H](C(C)C)CC1. The smallest absolute Gasteiger partial charge is 0.170 e. The van der Waals surface area contributed by atoms with E-state index in [0.717, 1.165) is 31.2 Å². The van der Waals surface area contributed by atoms with Gasteiger partial charge in [-0.3, -0.25) is 4.79 Å². The fourth-order valence-corrected chi connectivity index (χ4v) is 6.94. The van der Waals surface area contributed by atoms with Gasteiger partial charge in [-0.15, -0.1) is 0 Å². The van der Waals surface area contributed by atoms with Crippen molar-refractivity contribution in [2.75, 3.05) is 0 Å². The van der Waals surface area contributed by atoms with Crippen LogP contribution in [0.15, 0.2) is 53.6 Å². The van der Waals surface area contributed by atoms with Gasteiger partial charge in [0.1, 0.15) is 22.8 Å². The Balaban J connectivity index is 1.93. The molecule has 0 bridgehead atoms. The lowest BCUT2D eigenvalue weighted by Gasteiger charge is -2.37. The minimum atomic E-state index is -0.299. The molecular weight excluding hydrogens is 484 g/mol. The molecule has 39 heavy (non-hydrogen) atoms. The van der Waals surface area contributed by atoms with Crippen LogP contribution >= 0.6 is 0 Å². The summed E-state index contributed by atoms with van der Waals surface area (Å²) < 4.78 is 0. The number of ketones is 1. The molecule has 0 aliphatic heterocycles. The lowest BCUT2D eigenvalue weighted by Crippen LogP contribution is -2.24. The topological polar surface area (TPSA) is 77.8 Å². The zero-order valence-corrected chi connectivity index (χ0v) is 24.5. The molecule has 2 aliphatic carbocycles. The second-order valence-electron chi connectivity index (χ2n) is 12.6. The van der Waals surface area contributed by atoms with Crippen molar-refractivity contribution in [3.63, 3.8) is 0 Å². The zero-order chi connectivity index (χ0) is 28.4. The van der Waals surface area contributed by atoms with Crippen LogP contribution in [0.3, 0.4) is 0 Å². The van der Waals surface area contributed by atoms with Crippen LogP contribution in [0.5, 0.6) is 17.2 Å². The van der Waals surface area contributed by atoms with Gasteiger partial charge in [0.05, 0.1) is 0 Å². The highest BCUT2D eigenvalue weighted by Gasteiger charge is 2.40. The van der Waals surface area contributed by atoms with Crippen LogP contribution in [0.25, 0.3) is 0 Å². The van der Waals surface area contributed by atoms with E-state index in [1.807, 2.05) is 30.3 Å². The van der Waals surface area contributed by atoms with Crippen molar-refractivity contribution >= 4 is 5.78 Å². The summed E-state index contributed by atoms with van der Waals surface area (Å²) in [5.41, 5.74) is 4.24. The van der Waals surface area contributed by atoms with Gasteiger partial charge in [-0.05, 0) is 75.2 Å². The molecule has 2 aromatic carbocycles. The molecule has 0 heterocycles. The van der Waals surface area contributed by atoms with Crippen LogP contribution in [0.2, 0.25) is 0 Å². The average molecular weight is 531 g/mol. The first-order chi connectivity index (χ1) is 18.5. The van der Waals surface area contributed by atoms with Crippen molar-refractivity contribution in [3.05, 3.63) is 75.9 Å². The van der Waals surface area contributed by atoms with E-state index >= 15 is 0 Å². The van der Waals surface area contributed by atoms with Crippen molar-refractivity contribution in [1.29, 1.82) is 0 Å². The lowest BCUT2D eigenvalue weighted by atomic mass is 9.68. The van der Waals surface area contributed by atoms with E-state index in [0.29, 0.717) is 29.4 Å². The predicted octanol–water partition coefficient (Wildman–Crippen LogP) is 8.81. The Kier molecular flexibility index (Phi) is 8.93. The van der Waals surface area contributed by atoms with E-state index in [1.54, 1.807) is 0 Å². The van der Waals surface area contributed by atoms with E-state index in [2.05, 4.69) is 53.7 Å². The zero-order valence-electron chi connectivity index (χ0n) is 24.5. The van der Waals surface area contributed by atoms with Crippen molar-refractivity contribution in [1.82, 2.24) is 0 Å². The minimum absolute atomic E-state index is 0.0352. The number of phenolic OH excluding ortho intramolecular Hbond substituents is 3. The molecule has 2 aromatic rings. The summed E-state index contributed by atoms with van der Waals surface area (Å²) in [6.07, 6.45) is 8.85. The molecule has 4 nitrogen and oxygen atoms in total. The number of rotatable bonds is 8. The summed E-state index contributed by atoms with van der Waals surface area (Å²) in [5.74, 6) is -0.258. The number of phenols is 3. The largest absolute Gasteiger partial charge is 0.507 e. The Labute approximate surface area is 234 Å². The monoisotopic (exact) mass is 530 g/mol. The number of carbonyl (C=O) groups is 1. The maximum absolute atomic E-state index is 13.8. The van der Waals surface area contributed by atoms with E-state index in [1.165, 1.54) is 11.1 Å². The van der Waals surface area contributed by atoms with Gasteiger partial charge in [0, 0.05) is 29.4 Å². The van der Waals surface area contributed by atoms with Crippen LogP contribution in [0.1, 0.15) is 113 Å². The Morgan fingerprint density at radius 2 is 1.23 bits per heavy atom. The summed E-state index contributed by atoms with van der Waals surface area (Å²) in [5, 5.41) is 35.4. The van der Waals surface area contributed by atoms with Gasteiger partial charge in [0.2, 0.25) is 0 Å². The first-order valence-corrected chi connectivity index (χ1v) is 14.7. The summed E-state index contributed by atoms with van der Waals surface area (Å²) in [6, 6.07) is 9.79. The number of aromatic hydroxyl groups is 3. The van der Waals surface area contributed by atoms with Crippen LogP contribution in [0, 0.1) is 23.7 Å². The molecule has 0 unspecified atom stereocenters. The first-order valence-electron chi connectivity index (χ1n) is 14.7. The first kappa shape index (κ1) is 29.0. The van der Waals surface area contributed by atoms with Crippen LogP contribution in [0.4, 0.5) is 0 Å². The van der Waals surface area contributed by atoms with Crippen molar-refractivity contribution in [2.45, 2.75) is 91.9 Å². The van der Waals surface area contributed by atoms with E-state index in [4.69, 9.17) is 0 Å². The molecule has 3 N–H and O–H groups in total. The van der Waals surface area contributed by atoms with E-state index in [-0.39, 0.29) is 58.7 Å². The van der Waals surface area contributed by atoms with Crippen molar-refractivity contribution < 1.29 is 20.1 Å². The van der Waals surface area contributed by atoms with Gasteiger partial charge in [0.15, 0.2) is 5.78 Å². The predicted molar refractivity (Wildman–Crippen MR) is 159 cm³/mol. The Bertz CT molecular complexity index is 1180. The van der Waals surface area contributed by atoms with Crippen molar-refractivity contribution in [3.8, 4) is 17.2 Å². The highest BCUT2D eigenvalue weighted by molar-refractivity contribution is 6.03. The molecule has 0 radical (unpaired) electrons. The number of hydrogen-bond donors (Lipinski definition) is 3. The Hall–Kier alpha value is -3.01. The molecule has 0 saturated heterocycles. The quantitative estimate of drug-likeness (QED) is 0.235. The maximum Gasteiger partial charge on any atom is 0.170 e. The Morgan fingerprint density at radius 1 is 0.769 bits per heavy atom. The fourth-order valence-electron chi connectivity index (χ4n) is 6.94. The third kappa shape index (κ3) is 5.95. The Morgan fingerprint density at radius 3 is 1.67 bits per heavy atom. The molecule has 4 heteroatoms. The van der Waals surface area contributed by atoms with Gasteiger partial charge < -0.3 is 15.3 Å². The van der Waals surface area contributed by atoms with Crippen LogP contribution < -0.4 is 0 Å². The standard InChI is InChI=1S/C35H46O4/c1-20(2)25-15-12-22(5)18-27(25)30-33(37)31(28-19-23(6)13-16-26(28)21(3)4)35(39)32(34(30)38)29(36)17-14-24-10-8-7-9-11-24/h7-11,18-21,25-28,37-39H,12-17H2,1-6H3/t25-,26-,27+,28+/m1/s1. The molecular formula is C35H46O4. The molecule has 0 fully saturated rings. The molecule has 0 saturated carbocycles. The average Bonchev–Trinajstić information content (AvgIpc) is 2.88. The van der Waals surface area contributed by atoms with Gasteiger partial charge in [-0.25, -0.2) is 0 Å². The summed E-state index contributed by atoms with van der Waals surface area (Å²) in [6.45, 7) is 12.9. The molecule has 0 spiro atoms. The molecule has 210 valence electrons. The summed E-state index contributed by atoms with van der Waals surface area (Å²) in [7, 11) is 0. The van der Waals surface area contributed by atoms with Crippen LogP contribution in [-0.4, -0.2) is 21.1 Å². The molecule has 4 atom stereocenters. The van der Waals surface area contributed by atoms with Gasteiger partial charge in [0.25, 0.3) is 0 Å². The minimum Gasteiger partial charge on any atom is -0.507 e. The molecule has 2 aliphatic rings. The third-order valence-electron chi connectivity index (χ3n) is 9.23. The number of aryl methyl sites for hydroxylation is 1. The summed E-state index contributed by atoms with van der Waals surface area (Å²) >= 11 is 0. The second kappa shape index (κ2) is 12.0. The molecule has 0 amide bonds. The maximum atomic E-state index is 13.8. The lowest BCUT2D eigenvalue weighted by molar-refractivity contribution is 0.0976. The normalized spacial score (nSPS) is 23.6.